The first-order valence-corrected chi connectivity index (χ1v) is 7.00. The average Bonchev–Trinajstić information content (AvgIpc) is 2.46. The molecular weight excluding hydrogens is 280 g/mol. The zero-order chi connectivity index (χ0) is 10.7. The maximum atomic E-state index is 5.91. The molecule has 0 aliphatic carbocycles. The quantitative estimate of drug-likeness (QED) is 0.686. The summed E-state index contributed by atoms with van der Waals surface area (Å²) in [5, 5.41) is 0. The van der Waals surface area contributed by atoms with Gasteiger partial charge in [-0.3, -0.25) is 0 Å². The fourth-order valence-corrected chi connectivity index (χ4v) is 3.58. The standard InChI is InChI=1S/C11H16BrClS/c1-7(2)10(8(3)12)6-9-4-5-11(13)14-9/h4-5,7-8,10H,6H2,1-3H3. The molecule has 0 amide bonds. The van der Waals surface area contributed by atoms with E-state index in [9.17, 15) is 0 Å². The molecule has 2 atom stereocenters. The summed E-state index contributed by atoms with van der Waals surface area (Å²) >= 11 is 11.3. The van der Waals surface area contributed by atoms with Crippen molar-refractivity contribution in [1.29, 1.82) is 0 Å². The van der Waals surface area contributed by atoms with Crippen LogP contribution in [0, 0.1) is 11.8 Å². The van der Waals surface area contributed by atoms with Gasteiger partial charge in [0.15, 0.2) is 0 Å². The molecule has 0 N–H and O–H groups in total. The van der Waals surface area contributed by atoms with Gasteiger partial charge in [-0.15, -0.1) is 11.3 Å². The molecule has 1 heterocycles. The van der Waals surface area contributed by atoms with Crippen molar-refractivity contribution in [3.05, 3.63) is 21.3 Å². The summed E-state index contributed by atoms with van der Waals surface area (Å²) in [7, 11) is 0. The maximum Gasteiger partial charge on any atom is 0.0931 e. The molecule has 80 valence electrons. The molecule has 2 unspecified atom stereocenters. The smallest absolute Gasteiger partial charge is 0.0931 e. The number of halogens is 2. The van der Waals surface area contributed by atoms with Gasteiger partial charge in [-0.25, -0.2) is 0 Å². The Morgan fingerprint density at radius 1 is 1.36 bits per heavy atom. The third-order valence-corrected chi connectivity index (χ3v) is 4.44. The molecule has 3 heteroatoms. The molecule has 1 rings (SSSR count). The summed E-state index contributed by atoms with van der Waals surface area (Å²) < 4.78 is 0.893. The molecule has 0 fully saturated rings. The lowest BCUT2D eigenvalue weighted by Gasteiger charge is -2.22. The fraction of sp³-hybridized carbons (Fsp3) is 0.636. The van der Waals surface area contributed by atoms with Crippen LogP contribution < -0.4 is 0 Å². The topological polar surface area (TPSA) is 0 Å². The van der Waals surface area contributed by atoms with Gasteiger partial charge in [0.05, 0.1) is 4.34 Å². The minimum absolute atomic E-state index is 0.559. The number of rotatable bonds is 4. The highest BCUT2D eigenvalue weighted by atomic mass is 79.9. The molecule has 0 radical (unpaired) electrons. The minimum atomic E-state index is 0.559. The van der Waals surface area contributed by atoms with E-state index in [4.69, 9.17) is 11.6 Å². The van der Waals surface area contributed by atoms with Crippen LogP contribution in [0.15, 0.2) is 12.1 Å². The Morgan fingerprint density at radius 2 is 2.00 bits per heavy atom. The second-order valence-corrected chi connectivity index (χ2v) is 7.24. The van der Waals surface area contributed by atoms with E-state index in [0.29, 0.717) is 16.7 Å². The molecule has 0 spiro atoms. The van der Waals surface area contributed by atoms with Crippen LogP contribution in [0.5, 0.6) is 0 Å². The average molecular weight is 296 g/mol. The van der Waals surface area contributed by atoms with Crippen LogP contribution in [-0.2, 0) is 6.42 Å². The van der Waals surface area contributed by atoms with Crippen LogP contribution in [0.2, 0.25) is 4.34 Å². The molecule has 14 heavy (non-hydrogen) atoms. The largest absolute Gasteiger partial charge is 0.128 e. The first kappa shape index (κ1) is 12.5. The van der Waals surface area contributed by atoms with Crippen LogP contribution in [-0.4, -0.2) is 4.83 Å². The van der Waals surface area contributed by atoms with Gasteiger partial charge in [0.25, 0.3) is 0 Å². The van der Waals surface area contributed by atoms with Crippen LogP contribution in [0.3, 0.4) is 0 Å². The third kappa shape index (κ3) is 3.56. The predicted molar refractivity (Wildman–Crippen MR) is 69.8 cm³/mol. The molecule has 1 aromatic rings. The minimum Gasteiger partial charge on any atom is -0.128 e. The summed E-state index contributed by atoms with van der Waals surface area (Å²) in [6.07, 6.45) is 1.13. The van der Waals surface area contributed by atoms with Gasteiger partial charge < -0.3 is 0 Å². The van der Waals surface area contributed by atoms with Crippen LogP contribution in [0.1, 0.15) is 25.6 Å². The maximum absolute atomic E-state index is 5.91. The summed E-state index contributed by atoms with van der Waals surface area (Å²) in [5.41, 5.74) is 0. The van der Waals surface area contributed by atoms with E-state index >= 15 is 0 Å². The Morgan fingerprint density at radius 3 is 2.36 bits per heavy atom. The lowest BCUT2D eigenvalue weighted by atomic mass is 9.89. The van der Waals surface area contributed by atoms with Gasteiger partial charge in [0, 0.05) is 9.70 Å². The van der Waals surface area contributed by atoms with Gasteiger partial charge in [-0.1, -0.05) is 48.3 Å². The normalized spacial score (nSPS) is 15.9. The van der Waals surface area contributed by atoms with Crippen molar-refractivity contribution in [2.24, 2.45) is 11.8 Å². The van der Waals surface area contributed by atoms with Gasteiger partial charge in [0.2, 0.25) is 0 Å². The monoisotopic (exact) mass is 294 g/mol. The van der Waals surface area contributed by atoms with E-state index in [1.54, 1.807) is 11.3 Å². The second kappa shape index (κ2) is 5.53. The number of hydrogen-bond acceptors (Lipinski definition) is 1. The zero-order valence-electron chi connectivity index (χ0n) is 8.76. The van der Waals surface area contributed by atoms with Crippen molar-refractivity contribution in [3.63, 3.8) is 0 Å². The Bertz CT molecular complexity index is 273. The fourth-order valence-electron chi connectivity index (χ4n) is 1.62. The van der Waals surface area contributed by atoms with E-state index < -0.39 is 0 Å². The lowest BCUT2D eigenvalue weighted by molar-refractivity contribution is 0.386. The zero-order valence-corrected chi connectivity index (χ0v) is 11.9. The Kier molecular flexibility index (Phi) is 4.95. The molecule has 0 aliphatic heterocycles. The van der Waals surface area contributed by atoms with Crippen LogP contribution in [0.25, 0.3) is 0 Å². The first-order valence-electron chi connectivity index (χ1n) is 4.89. The van der Waals surface area contributed by atoms with Gasteiger partial charge >= 0.3 is 0 Å². The molecular formula is C11H16BrClS. The molecule has 0 aliphatic rings. The van der Waals surface area contributed by atoms with Gasteiger partial charge in [0.1, 0.15) is 0 Å². The van der Waals surface area contributed by atoms with E-state index in [2.05, 4.69) is 42.8 Å². The summed E-state index contributed by atoms with van der Waals surface area (Å²) in [6, 6.07) is 4.12. The Balaban J connectivity index is 2.64. The van der Waals surface area contributed by atoms with Crippen LogP contribution >= 0.6 is 38.9 Å². The molecule has 0 saturated carbocycles. The van der Waals surface area contributed by atoms with Crippen molar-refractivity contribution in [2.75, 3.05) is 0 Å². The van der Waals surface area contributed by atoms with Gasteiger partial charge in [-0.05, 0) is 30.4 Å². The van der Waals surface area contributed by atoms with E-state index in [1.807, 2.05) is 6.07 Å². The van der Waals surface area contributed by atoms with Crippen LogP contribution in [0.4, 0.5) is 0 Å². The highest BCUT2D eigenvalue weighted by molar-refractivity contribution is 9.09. The number of alkyl halides is 1. The lowest BCUT2D eigenvalue weighted by Crippen LogP contribution is -2.19. The Labute approximate surface area is 104 Å². The van der Waals surface area contributed by atoms with E-state index in [0.717, 1.165) is 10.8 Å². The molecule has 0 aromatic carbocycles. The molecule has 1 aromatic heterocycles. The van der Waals surface area contributed by atoms with Gasteiger partial charge in [-0.2, -0.15) is 0 Å². The summed E-state index contributed by atoms with van der Waals surface area (Å²) in [4.78, 5) is 1.95. The van der Waals surface area contributed by atoms with Crippen molar-refractivity contribution in [2.45, 2.75) is 32.0 Å². The van der Waals surface area contributed by atoms with Crippen molar-refractivity contribution >= 4 is 38.9 Å². The molecule has 0 bridgehead atoms. The predicted octanol–water partition coefficient (Wildman–Crippen LogP) is 5.00. The highest BCUT2D eigenvalue weighted by Crippen LogP contribution is 2.30. The van der Waals surface area contributed by atoms with Crippen molar-refractivity contribution in [3.8, 4) is 0 Å². The third-order valence-electron chi connectivity index (χ3n) is 2.51. The second-order valence-electron chi connectivity index (χ2n) is 4.00. The summed E-state index contributed by atoms with van der Waals surface area (Å²) in [6.45, 7) is 6.77. The van der Waals surface area contributed by atoms with Crippen molar-refractivity contribution in [1.82, 2.24) is 0 Å². The SMILES string of the molecule is CC(C)C(Cc1ccc(Cl)s1)C(C)Br. The highest BCUT2D eigenvalue weighted by Gasteiger charge is 2.19. The molecule has 0 saturated heterocycles. The first-order chi connectivity index (χ1) is 6.50. The van der Waals surface area contributed by atoms with E-state index in [-0.39, 0.29) is 0 Å². The number of thiophene rings is 1. The summed E-state index contributed by atoms with van der Waals surface area (Å²) in [5.74, 6) is 1.38. The molecule has 0 nitrogen and oxygen atoms in total. The Hall–Kier alpha value is 0.470. The van der Waals surface area contributed by atoms with E-state index in [1.165, 1.54) is 4.88 Å². The van der Waals surface area contributed by atoms with Crippen molar-refractivity contribution < 1.29 is 0 Å². The number of hydrogen-bond donors (Lipinski definition) is 0.